The van der Waals surface area contributed by atoms with Crippen LogP contribution in [0.2, 0.25) is 0 Å². The Kier molecular flexibility index (Phi) is 5.91. The van der Waals surface area contributed by atoms with E-state index in [2.05, 4.69) is 0 Å². The van der Waals surface area contributed by atoms with Gasteiger partial charge in [-0.2, -0.15) is 0 Å². The SMILES string of the molecule is CC([O-])c1ccccc1.[K+]. The van der Waals surface area contributed by atoms with Crippen LogP contribution in [-0.4, -0.2) is 0 Å². The van der Waals surface area contributed by atoms with Gasteiger partial charge in [0.25, 0.3) is 0 Å². The van der Waals surface area contributed by atoms with Crippen molar-refractivity contribution >= 4 is 0 Å². The second-order valence-electron chi connectivity index (χ2n) is 2.05. The van der Waals surface area contributed by atoms with E-state index in [0.29, 0.717) is 0 Å². The van der Waals surface area contributed by atoms with Crippen LogP contribution in [0.15, 0.2) is 30.3 Å². The average molecular weight is 160 g/mol. The first-order chi connectivity index (χ1) is 4.30. The second-order valence-corrected chi connectivity index (χ2v) is 2.05. The van der Waals surface area contributed by atoms with Crippen LogP contribution in [0.4, 0.5) is 0 Å². The van der Waals surface area contributed by atoms with Gasteiger partial charge < -0.3 is 5.11 Å². The summed E-state index contributed by atoms with van der Waals surface area (Å²) in [5, 5.41) is 10.7. The molecule has 0 fully saturated rings. The Balaban J connectivity index is 0.000000810. The zero-order chi connectivity index (χ0) is 6.69. The molecule has 1 rings (SSSR count). The largest absolute Gasteiger partial charge is 1.00 e. The zero-order valence-corrected chi connectivity index (χ0v) is 9.50. The van der Waals surface area contributed by atoms with Crippen molar-refractivity contribution in [2.24, 2.45) is 0 Å². The maximum Gasteiger partial charge on any atom is 1.00 e. The van der Waals surface area contributed by atoms with Crippen LogP contribution in [0.5, 0.6) is 0 Å². The number of benzene rings is 1. The fourth-order valence-corrected chi connectivity index (χ4v) is 0.724. The Bertz CT molecular complexity index is 172. The summed E-state index contributed by atoms with van der Waals surface area (Å²) in [7, 11) is 0. The van der Waals surface area contributed by atoms with Crippen LogP contribution >= 0.6 is 0 Å². The standard InChI is InChI=1S/C8H9O.K/c1-7(9)8-5-3-2-4-6-8;/h2-7H,1H3;/q-1;+1. The van der Waals surface area contributed by atoms with E-state index in [1.165, 1.54) is 0 Å². The third-order valence-corrected chi connectivity index (χ3v) is 1.27. The van der Waals surface area contributed by atoms with Gasteiger partial charge in [-0.3, -0.25) is 0 Å². The van der Waals surface area contributed by atoms with E-state index in [1.807, 2.05) is 30.3 Å². The molecule has 0 aromatic heterocycles. The van der Waals surface area contributed by atoms with Gasteiger partial charge in [0, 0.05) is 0 Å². The molecular weight excluding hydrogens is 151 g/mol. The van der Waals surface area contributed by atoms with Crippen molar-refractivity contribution in [3.8, 4) is 0 Å². The molecule has 0 bridgehead atoms. The van der Waals surface area contributed by atoms with Gasteiger partial charge in [0.2, 0.25) is 0 Å². The van der Waals surface area contributed by atoms with Gasteiger partial charge in [0.1, 0.15) is 0 Å². The second kappa shape index (κ2) is 5.46. The fraction of sp³-hybridized carbons (Fsp3) is 0.250. The minimum absolute atomic E-state index is 0. The summed E-state index contributed by atoms with van der Waals surface area (Å²) >= 11 is 0. The molecule has 1 aromatic carbocycles. The van der Waals surface area contributed by atoms with Gasteiger partial charge >= 0.3 is 51.4 Å². The maximum absolute atomic E-state index is 10.7. The van der Waals surface area contributed by atoms with Gasteiger partial charge in [-0.15, -0.1) is 6.10 Å². The summed E-state index contributed by atoms with van der Waals surface area (Å²) in [5.41, 5.74) is 0.859. The molecule has 1 atom stereocenters. The minimum Gasteiger partial charge on any atom is -0.849 e. The van der Waals surface area contributed by atoms with Crippen LogP contribution in [0, 0.1) is 0 Å². The van der Waals surface area contributed by atoms with Crippen LogP contribution in [0.1, 0.15) is 18.6 Å². The summed E-state index contributed by atoms with van der Waals surface area (Å²) in [6, 6.07) is 9.36. The molecule has 2 heteroatoms. The van der Waals surface area contributed by atoms with Crippen LogP contribution in [0.25, 0.3) is 0 Å². The number of hydrogen-bond acceptors (Lipinski definition) is 1. The summed E-state index contributed by atoms with van der Waals surface area (Å²) in [4.78, 5) is 0. The molecule has 0 heterocycles. The quantitative estimate of drug-likeness (QED) is 0.441. The van der Waals surface area contributed by atoms with Gasteiger partial charge in [0.05, 0.1) is 0 Å². The topological polar surface area (TPSA) is 23.1 Å². The number of hydrogen-bond donors (Lipinski definition) is 0. The Morgan fingerprint density at radius 1 is 1.20 bits per heavy atom. The minimum atomic E-state index is -0.591. The predicted octanol–water partition coefficient (Wildman–Crippen LogP) is -1.89. The molecule has 0 radical (unpaired) electrons. The molecule has 10 heavy (non-hydrogen) atoms. The molecule has 1 nitrogen and oxygen atoms in total. The van der Waals surface area contributed by atoms with E-state index in [0.717, 1.165) is 5.56 Å². The van der Waals surface area contributed by atoms with Crippen molar-refractivity contribution in [1.82, 2.24) is 0 Å². The maximum atomic E-state index is 10.7. The van der Waals surface area contributed by atoms with Gasteiger partial charge in [0.15, 0.2) is 0 Å². The molecule has 1 unspecified atom stereocenters. The van der Waals surface area contributed by atoms with Crippen LogP contribution in [-0.2, 0) is 0 Å². The van der Waals surface area contributed by atoms with E-state index in [1.54, 1.807) is 6.92 Å². The molecular formula is C8H9KO. The predicted molar refractivity (Wildman–Crippen MR) is 34.9 cm³/mol. The molecule has 0 spiro atoms. The Labute approximate surface area is 104 Å². The zero-order valence-electron chi connectivity index (χ0n) is 6.37. The van der Waals surface area contributed by atoms with E-state index in [-0.39, 0.29) is 51.4 Å². The summed E-state index contributed by atoms with van der Waals surface area (Å²) in [6.07, 6.45) is -0.591. The third-order valence-electron chi connectivity index (χ3n) is 1.27. The Morgan fingerprint density at radius 3 is 2.00 bits per heavy atom. The molecule has 0 amide bonds. The van der Waals surface area contributed by atoms with Crippen LogP contribution in [0.3, 0.4) is 0 Å². The van der Waals surface area contributed by atoms with Gasteiger partial charge in [-0.25, -0.2) is 0 Å². The van der Waals surface area contributed by atoms with Crippen molar-refractivity contribution < 1.29 is 56.5 Å². The van der Waals surface area contributed by atoms with Crippen molar-refractivity contribution in [1.29, 1.82) is 0 Å². The third kappa shape index (κ3) is 3.28. The first kappa shape index (κ1) is 10.8. The molecule has 0 saturated carbocycles. The molecule has 48 valence electrons. The van der Waals surface area contributed by atoms with Crippen molar-refractivity contribution in [3.63, 3.8) is 0 Å². The Hall–Kier alpha value is 0.816. The van der Waals surface area contributed by atoms with Crippen molar-refractivity contribution in [2.75, 3.05) is 0 Å². The Morgan fingerprint density at radius 2 is 1.70 bits per heavy atom. The van der Waals surface area contributed by atoms with Gasteiger partial charge in [-0.05, 0) is 0 Å². The molecule has 0 aliphatic carbocycles. The average Bonchev–Trinajstić information content (AvgIpc) is 1.90. The fourth-order valence-electron chi connectivity index (χ4n) is 0.724. The number of rotatable bonds is 1. The van der Waals surface area contributed by atoms with Crippen molar-refractivity contribution in [2.45, 2.75) is 13.0 Å². The van der Waals surface area contributed by atoms with E-state index in [4.69, 9.17) is 0 Å². The van der Waals surface area contributed by atoms with Gasteiger partial charge in [-0.1, -0.05) is 42.8 Å². The molecule has 0 saturated heterocycles. The molecule has 0 aliphatic rings. The smallest absolute Gasteiger partial charge is 0.849 e. The summed E-state index contributed by atoms with van der Waals surface area (Å²) < 4.78 is 0. The van der Waals surface area contributed by atoms with Crippen molar-refractivity contribution in [3.05, 3.63) is 35.9 Å². The van der Waals surface area contributed by atoms with E-state index < -0.39 is 6.10 Å². The van der Waals surface area contributed by atoms with E-state index in [9.17, 15) is 5.11 Å². The normalized spacial score (nSPS) is 11.8. The van der Waals surface area contributed by atoms with E-state index >= 15 is 0 Å². The summed E-state index contributed by atoms with van der Waals surface area (Å²) in [5.74, 6) is 0. The summed E-state index contributed by atoms with van der Waals surface area (Å²) in [6.45, 7) is 1.65. The first-order valence-electron chi connectivity index (χ1n) is 3.01. The molecule has 1 aromatic rings. The molecule has 0 aliphatic heterocycles. The molecule has 0 N–H and O–H groups in total. The first-order valence-corrected chi connectivity index (χ1v) is 3.01. The van der Waals surface area contributed by atoms with Crippen LogP contribution < -0.4 is 56.5 Å². The monoisotopic (exact) mass is 160 g/mol.